The minimum atomic E-state index is -2.30. The van der Waals surface area contributed by atoms with Crippen molar-refractivity contribution in [1.82, 2.24) is 28.0 Å². The summed E-state index contributed by atoms with van der Waals surface area (Å²) in [6.07, 6.45) is 19.3. The molecule has 1 atom stereocenters. The Balaban J connectivity index is 1.49. The molecule has 1 spiro atoms. The first-order chi connectivity index (χ1) is 18.7. The monoisotopic (exact) mass is 578 g/mol. The summed E-state index contributed by atoms with van der Waals surface area (Å²) in [5, 5.41) is 0. The van der Waals surface area contributed by atoms with Gasteiger partial charge in [-0.1, -0.05) is 6.92 Å². The van der Waals surface area contributed by atoms with E-state index in [-0.39, 0.29) is 0 Å². The van der Waals surface area contributed by atoms with Crippen LogP contribution in [0.4, 0.5) is 0 Å². The largest absolute Gasteiger partial charge is 0.240 e. The summed E-state index contributed by atoms with van der Waals surface area (Å²) in [7, 11) is -6.80. The molecule has 1 saturated carbocycles. The Morgan fingerprint density at radius 3 is 1.32 bits per heavy atom. The third-order valence-electron chi connectivity index (χ3n) is 9.40. The number of likely N-dealkylation sites (N-methyl/N-ethyl adjacent to an activating group) is 1. The molecule has 7 aliphatic rings. The van der Waals surface area contributed by atoms with Crippen molar-refractivity contribution in [1.29, 1.82) is 0 Å². The van der Waals surface area contributed by atoms with Gasteiger partial charge in [-0.3, -0.25) is 0 Å². The Hall–Kier alpha value is 0.450. The Labute approximate surface area is 232 Å². The molecule has 12 heteroatoms. The second-order valence-electron chi connectivity index (χ2n) is 11.7. The van der Waals surface area contributed by atoms with E-state index in [9.17, 15) is 0 Å². The maximum atomic E-state index is 6.26. The molecule has 0 N–H and O–H groups in total. The fourth-order valence-corrected chi connectivity index (χ4v) is 23.9. The van der Waals surface area contributed by atoms with Crippen molar-refractivity contribution in [2.45, 2.75) is 58.3 Å². The molecule has 7 rings (SSSR count). The van der Waals surface area contributed by atoms with Gasteiger partial charge in [-0.2, -0.15) is 13.5 Å². The van der Waals surface area contributed by atoms with E-state index in [1.54, 1.807) is 0 Å². The van der Waals surface area contributed by atoms with E-state index in [4.69, 9.17) is 13.5 Å². The van der Waals surface area contributed by atoms with Crippen LogP contribution in [0.5, 0.6) is 0 Å². The summed E-state index contributed by atoms with van der Waals surface area (Å²) in [4.78, 5) is 0. The predicted octanol–water partition coefficient (Wildman–Crippen LogP) is 6.26. The Morgan fingerprint density at radius 1 is 0.526 bits per heavy atom. The molecule has 0 bridgehead atoms. The third kappa shape index (κ3) is 4.54. The van der Waals surface area contributed by atoms with Crippen LogP contribution in [0.25, 0.3) is 0 Å². The molecule has 38 heavy (non-hydrogen) atoms. The zero-order valence-electron chi connectivity index (χ0n) is 23.3. The number of hydrogen-bond acceptors (Lipinski definition) is 9. The van der Waals surface area contributed by atoms with Crippen molar-refractivity contribution >= 4 is 22.5 Å². The van der Waals surface area contributed by atoms with Crippen LogP contribution in [0.3, 0.4) is 0 Å². The minimum absolute atomic E-state index is 0.963. The van der Waals surface area contributed by atoms with Crippen LogP contribution in [0.15, 0.2) is 13.5 Å². The molecule has 6 aliphatic heterocycles. The average molecular weight is 579 g/mol. The molecule has 1 aliphatic carbocycles. The van der Waals surface area contributed by atoms with Crippen molar-refractivity contribution in [3.8, 4) is 0 Å². The quantitative estimate of drug-likeness (QED) is 0.332. The van der Waals surface area contributed by atoms with Gasteiger partial charge in [0.2, 0.25) is 22.5 Å². The Morgan fingerprint density at radius 2 is 0.895 bits per heavy atom. The van der Waals surface area contributed by atoms with E-state index in [2.05, 4.69) is 60.6 Å². The third-order valence-corrected chi connectivity index (χ3v) is 22.1. The molecule has 5 saturated heterocycles. The van der Waals surface area contributed by atoms with Crippen LogP contribution < -0.4 is 0 Å². The minimum Gasteiger partial charge on any atom is -0.240 e. The van der Waals surface area contributed by atoms with Gasteiger partial charge in [0, 0.05) is 78.5 Å². The summed E-state index contributed by atoms with van der Waals surface area (Å²) in [5.74, 6) is 1.41. The summed E-state index contributed by atoms with van der Waals surface area (Å²) >= 11 is 0. The maximum absolute atomic E-state index is 6.26. The van der Waals surface area contributed by atoms with Gasteiger partial charge in [-0.25, -0.2) is 28.0 Å². The predicted molar refractivity (Wildman–Crippen MR) is 161 cm³/mol. The first-order valence-corrected chi connectivity index (χ1v) is 20.1. The first kappa shape index (κ1) is 27.3. The van der Waals surface area contributed by atoms with Gasteiger partial charge in [0.05, 0.1) is 0 Å². The second kappa shape index (κ2) is 11.3. The van der Waals surface area contributed by atoms with Gasteiger partial charge in [0.1, 0.15) is 0 Å². The normalized spacial score (nSPS) is 35.9. The van der Waals surface area contributed by atoms with Crippen molar-refractivity contribution in [2.75, 3.05) is 78.5 Å². The van der Waals surface area contributed by atoms with Crippen molar-refractivity contribution < 1.29 is 0 Å². The summed E-state index contributed by atoms with van der Waals surface area (Å²) in [6, 6.07) is 0. The molecular formula is C26H47N9P3. The highest BCUT2D eigenvalue weighted by Crippen LogP contribution is 2.85. The van der Waals surface area contributed by atoms with Crippen LogP contribution in [-0.2, 0) is 0 Å². The summed E-state index contributed by atoms with van der Waals surface area (Å²) in [5.41, 5.74) is 0. The number of hydrogen-bond donors (Lipinski definition) is 0. The molecule has 0 aromatic carbocycles. The number of nitrogens with zero attached hydrogens (tertiary/aromatic N) is 9. The van der Waals surface area contributed by atoms with Crippen LogP contribution in [0.1, 0.15) is 58.3 Å². The molecular weight excluding hydrogens is 531 g/mol. The zero-order chi connectivity index (χ0) is 25.6. The van der Waals surface area contributed by atoms with E-state index in [1.165, 1.54) is 57.3 Å². The molecule has 0 aromatic heterocycles. The van der Waals surface area contributed by atoms with Crippen LogP contribution >= 0.6 is 22.5 Å². The van der Waals surface area contributed by atoms with Crippen LogP contribution in [-0.4, -0.2) is 107 Å². The Kier molecular flexibility index (Phi) is 8.09. The smallest absolute Gasteiger partial charge is 0.221 e. The molecule has 1 unspecified atom stereocenters. The van der Waals surface area contributed by atoms with Crippen molar-refractivity contribution in [2.24, 2.45) is 13.5 Å². The van der Waals surface area contributed by atoms with Gasteiger partial charge in [-0.15, -0.1) is 0 Å². The molecule has 0 amide bonds. The van der Waals surface area contributed by atoms with Gasteiger partial charge in [0.25, 0.3) is 0 Å². The van der Waals surface area contributed by atoms with E-state index >= 15 is 0 Å². The van der Waals surface area contributed by atoms with Crippen molar-refractivity contribution in [3.63, 3.8) is 0 Å². The SMILES string of the molecule is CCN1CCN(C[C]2[CH][CH][CH][CH]2)P12=NP(N1CCCC1)(N1CCCC1)=NP(N1CCCC1)(N1CCCC1)=N2. The topological polar surface area (TPSA) is 56.5 Å². The zero-order valence-corrected chi connectivity index (χ0v) is 26.0. The molecule has 0 aromatic rings. The van der Waals surface area contributed by atoms with Gasteiger partial charge in [0.15, 0.2) is 0 Å². The second-order valence-corrected chi connectivity index (χ2v) is 20.5. The fourth-order valence-electron chi connectivity index (χ4n) is 7.38. The fraction of sp³-hybridized carbons (Fsp3) is 0.808. The van der Waals surface area contributed by atoms with Crippen LogP contribution in [0.2, 0.25) is 0 Å². The summed E-state index contributed by atoms with van der Waals surface area (Å²) in [6.45, 7) is 15.8. The average Bonchev–Trinajstić information content (AvgIpc) is 3.80. The van der Waals surface area contributed by atoms with Crippen molar-refractivity contribution in [3.05, 3.63) is 31.6 Å². The molecule has 6 fully saturated rings. The summed E-state index contributed by atoms with van der Waals surface area (Å²) < 4.78 is 35.4. The highest BCUT2D eigenvalue weighted by molar-refractivity contribution is 7.83. The van der Waals surface area contributed by atoms with E-state index in [1.807, 2.05) is 0 Å². The van der Waals surface area contributed by atoms with E-state index < -0.39 is 22.5 Å². The maximum Gasteiger partial charge on any atom is 0.221 e. The lowest BCUT2D eigenvalue weighted by Gasteiger charge is -2.49. The molecule has 211 valence electrons. The number of rotatable bonds is 7. The van der Waals surface area contributed by atoms with Crippen LogP contribution in [0, 0.1) is 31.6 Å². The molecule has 6 heterocycles. The lowest BCUT2D eigenvalue weighted by Crippen LogP contribution is -2.34. The van der Waals surface area contributed by atoms with E-state index in [0.717, 1.165) is 78.5 Å². The lowest BCUT2D eigenvalue weighted by molar-refractivity contribution is 0.448. The van der Waals surface area contributed by atoms with Gasteiger partial charge >= 0.3 is 0 Å². The standard InChI is InChI=1S/C26H47N9P3/c1-2-30-23-24-35(25-26-13-3-4-14-26)36(30)27-37(31-15-5-6-16-31,32-17-7-8-18-32)29-38(28-36,33-19-9-10-20-33)34-21-11-12-22-34/h3-4,13-14H,2,5-12,15-25H2,1H3. The first-order valence-electron chi connectivity index (χ1n) is 15.3. The lowest BCUT2D eigenvalue weighted by atomic mass is 10.1. The molecule has 9 nitrogen and oxygen atoms in total. The molecule has 5 radical (unpaired) electrons. The highest BCUT2D eigenvalue weighted by atomic mass is 31.3. The van der Waals surface area contributed by atoms with Gasteiger partial charge in [-0.05, 0) is 83.0 Å². The highest BCUT2D eigenvalue weighted by Gasteiger charge is 2.54. The van der Waals surface area contributed by atoms with E-state index in [0.29, 0.717) is 0 Å². The Bertz CT molecular complexity index is 941. The van der Waals surface area contributed by atoms with Gasteiger partial charge < -0.3 is 0 Å².